The summed E-state index contributed by atoms with van der Waals surface area (Å²) in [6.07, 6.45) is 2.82. The van der Waals surface area contributed by atoms with E-state index in [2.05, 4.69) is 44.9 Å². The molecule has 2 aliphatic heterocycles. The summed E-state index contributed by atoms with van der Waals surface area (Å²) in [4.78, 5) is 23.2. The van der Waals surface area contributed by atoms with E-state index in [9.17, 15) is 4.79 Å². The van der Waals surface area contributed by atoms with Crippen LogP contribution >= 0.6 is 0 Å². The molecule has 22 heavy (non-hydrogen) atoms. The number of nitrogens with one attached hydrogen (secondary N) is 3. The Labute approximate surface area is 130 Å². The zero-order valence-corrected chi connectivity index (χ0v) is 13.4. The molecule has 0 aromatic carbocycles. The lowest BCUT2D eigenvalue weighted by Crippen LogP contribution is -2.50. The molecule has 0 radical (unpaired) electrons. The van der Waals surface area contributed by atoms with E-state index in [1.807, 2.05) is 13.1 Å². The maximum Gasteiger partial charge on any atom is 0.234 e. The van der Waals surface area contributed by atoms with Crippen LogP contribution in [0.15, 0.2) is 6.20 Å². The van der Waals surface area contributed by atoms with Gasteiger partial charge in [-0.15, -0.1) is 0 Å². The van der Waals surface area contributed by atoms with Gasteiger partial charge in [0.05, 0.1) is 18.3 Å². The molecule has 2 aliphatic rings. The third-order valence-electron chi connectivity index (χ3n) is 4.46. The minimum atomic E-state index is 0.0726. The number of carbonyl (C=O) groups excluding carboxylic acids is 1. The molecular weight excluding hydrogens is 280 g/mol. The molecule has 3 N–H and O–H groups in total. The first-order chi connectivity index (χ1) is 10.5. The highest BCUT2D eigenvalue weighted by Crippen LogP contribution is 2.16. The maximum absolute atomic E-state index is 12.3. The minimum Gasteiger partial charge on any atom is -0.349 e. The number of rotatable bonds is 3. The predicted molar refractivity (Wildman–Crippen MR) is 82.9 cm³/mol. The molecule has 3 heterocycles. The van der Waals surface area contributed by atoms with Crippen molar-refractivity contribution < 1.29 is 4.79 Å². The second-order valence-corrected chi connectivity index (χ2v) is 6.31. The van der Waals surface area contributed by atoms with Crippen LogP contribution in [-0.4, -0.2) is 52.0 Å². The molecule has 1 fully saturated rings. The number of fused-ring (bicyclic) bond motifs is 1. The summed E-state index contributed by atoms with van der Waals surface area (Å²) in [5, 5.41) is 3.12. The summed E-state index contributed by atoms with van der Waals surface area (Å²) < 4.78 is 0. The molecule has 0 saturated carbocycles. The van der Waals surface area contributed by atoms with Gasteiger partial charge in [-0.2, -0.15) is 0 Å². The van der Waals surface area contributed by atoms with Crippen molar-refractivity contribution in [1.82, 2.24) is 31.0 Å². The molecule has 1 saturated heterocycles. The highest BCUT2D eigenvalue weighted by molar-refractivity contribution is 5.78. The lowest BCUT2D eigenvalue weighted by Gasteiger charge is -2.28. The second-order valence-electron chi connectivity index (χ2n) is 6.31. The van der Waals surface area contributed by atoms with Crippen molar-refractivity contribution in [3.8, 4) is 0 Å². The van der Waals surface area contributed by atoms with Crippen molar-refractivity contribution in [3.63, 3.8) is 0 Å². The number of hydrogen-bond acceptors (Lipinski definition) is 6. The van der Waals surface area contributed by atoms with Crippen LogP contribution in [0.3, 0.4) is 0 Å². The van der Waals surface area contributed by atoms with E-state index in [-0.39, 0.29) is 24.0 Å². The van der Waals surface area contributed by atoms with Crippen LogP contribution in [0.5, 0.6) is 0 Å². The third-order valence-corrected chi connectivity index (χ3v) is 4.46. The molecule has 120 valence electrons. The molecule has 0 bridgehead atoms. The van der Waals surface area contributed by atoms with Crippen LogP contribution in [0.4, 0.5) is 0 Å². The largest absolute Gasteiger partial charge is 0.349 e. The monoisotopic (exact) mass is 304 g/mol. The summed E-state index contributed by atoms with van der Waals surface area (Å²) in [5.74, 6) is 0.860. The van der Waals surface area contributed by atoms with E-state index >= 15 is 0 Å². The topological polar surface area (TPSA) is 82.2 Å². The van der Waals surface area contributed by atoms with Gasteiger partial charge in [-0.3, -0.25) is 20.5 Å². The quantitative estimate of drug-likeness (QED) is 0.699. The van der Waals surface area contributed by atoms with Gasteiger partial charge in [0.2, 0.25) is 5.91 Å². The smallest absolute Gasteiger partial charge is 0.234 e. The van der Waals surface area contributed by atoms with Crippen molar-refractivity contribution in [1.29, 1.82) is 0 Å². The van der Waals surface area contributed by atoms with Crippen LogP contribution < -0.4 is 16.2 Å². The molecule has 0 aliphatic carbocycles. The van der Waals surface area contributed by atoms with Gasteiger partial charge in [0.1, 0.15) is 5.82 Å². The van der Waals surface area contributed by atoms with E-state index in [0.717, 1.165) is 31.0 Å². The lowest BCUT2D eigenvalue weighted by molar-refractivity contribution is -0.123. The predicted octanol–water partition coefficient (Wildman–Crippen LogP) is -0.487. The van der Waals surface area contributed by atoms with Crippen molar-refractivity contribution in [3.05, 3.63) is 23.3 Å². The summed E-state index contributed by atoms with van der Waals surface area (Å²) in [6.45, 7) is 8.04. The van der Waals surface area contributed by atoms with Gasteiger partial charge in [0.25, 0.3) is 0 Å². The Balaban J connectivity index is 1.56. The van der Waals surface area contributed by atoms with Crippen molar-refractivity contribution in [2.75, 3.05) is 13.1 Å². The number of aryl methyl sites for hydroxylation is 1. The lowest BCUT2D eigenvalue weighted by atomic mass is 10.1. The average Bonchev–Trinajstić information content (AvgIpc) is 2.78. The van der Waals surface area contributed by atoms with Gasteiger partial charge in [0, 0.05) is 31.4 Å². The molecule has 1 aromatic rings. The number of amides is 1. The molecule has 7 nitrogen and oxygen atoms in total. The minimum absolute atomic E-state index is 0.0726. The Kier molecular flexibility index (Phi) is 4.37. The fourth-order valence-electron chi connectivity index (χ4n) is 3.15. The fourth-order valence-corrected chi connectivity index (χ4v) is 3.15. The van der Waals surface area contributed by atoms with E-state index in [0.29, 0.717) is 6.54 Å². The number of nitrogens with zero attached hydrogens (tertiary/aromatic N) is 3. The van der Waals surface area contributed by atoms with Gasteiger partial charge in [0.15, 0.2) is 0 Å². The fraction of sp³-hybridized carbons (Fsp3) is 0.667. The molecule has 7 heteroatoms. The van der Waals surface area contributed by atoms with Crippen LogP contribution in [0.1, 0.15) is 30.9 Å². The Morgan fingerprint density at radius 1 is 1.41 bits per heavy atom. The van der Waals surface area contributed by atoms with Crippen molar-refractivity contribution in [2.24, 2.45) is 0 Å². The van der Waals surface area contributed by atoms with Crippen LogP contribution in [0.2, 0.25) is 0 Å². The Bertz CT molecular complexity index is 553. The summed E-state index contributed by atoms with van der Waals surface area (Å²) >= 11 is 0. The van der Waals surface area contributed by atoms with Gasteiger partial charge in [-0.05, 0) is 32.8 Å². The van der Waals surface area contributed by atoms with Crippen LogP contribution in [0, 0.1) is 6.92 Å². The zero-order valence-electron chi connectivity index (χ0n) is 13.4. The van der Waals surface area contributed by atoms with Gasteiger partial charge < -0.3 is 5.32 Å². The molecular formula is C15H24N6O. The van der Waals surface area contributed by atoms with E-state index in [1.54, 1.807) is 0 Å². The molecule has 0 spiro atoms. The molecule has 2 atom stereocenters. The standard InChI is InChI=1S/C15H24N6O/c1-9-15(10(2)20-19-9)18-14(22)8-21-5-4-12-6-16-11(3)17-13(12)7-21/h6,9-10,15,19-20H,4-5,7-8H2,1-3H3,(H,18,22). The highest BCUT2D eigenvalue weighted by atomic mass is 16.2. The molecule has 1 aromatic heterocycles. The van der Waals surface area contributed by atoms with Gasteiger partial charge in [-0.1, -0.05) is 0 Å². The second kappa shape index (κ2) is 6.28. The Hall–Kier alpha value is -1.57. The van der Waals surface area contributed by atoms with E-state index in [4.69, 9.17) is 0 Å². The number of carbonyl (C=O) groups is 1. The number of hydrogen-bond donors (Lipinski definition) is 3. The molecule has 1 amide bonds. The first kappa shape index (κ1) is 15.3. The van der Waals surface area contributed by atoms with Crippen LogP contribution in [-0.2, 0) is 17.8 Å². The average molecular weight is 304 g/mol. The number of hydrazine groups is 1. The number of aromatic nitrogens is 2. The first-order valence-electron chi connectivity index (χ1n) is 7.87. The normalized spacial score (nSPS) is 28.4. The molecule has 2 unspecified atom stereocenters. The van der Waals surface area contributed by atoms with E-state index in [1.165, 1.54) is 5.56 Å². The SMILES string of the molecule is Cc1ncc2c(n1)CN(CC(=O)NC1C(C)NNC1C)CC2. The van der Waals surface area contributed by atoms with Crippen molar-refractivity contribution >= 4 is 5.91 Å². The molecule has 3 rings (SSSR count). The summed E-state index contributed by atoms with van der Waals surface area (Å²) in [5.41, 5.74) is 8.56. The van der Waals surface area contributed by atoms with Crippen LogP contribution in [0.25, 0.3) is 0 Å². The highest BCUT2D eigenvalue weighted by Gasteiger charge is 2.31. The van der Waals surface area contributed by atoms with Gasteiger partial charge in [-0.25, -0.2) is 9.97 Å². The first-order valence-corrected chi connectivity index (χ1v) is 7.87. The third kappa shape index (κ3) is 3.26. The summed E-state index contributed by atoms with van der Waals surface area (Å²) in [6, 6.07) is 0.585. The van der Waals surface area contributed by atoms with Crippen molar-refractivity contribution in [2.45, 2.75) is 51.9 Å². The summed E-state index contributed by atoms with van der Waals surface area (Å²) in [7, 11) is 0. The Morgan fingerprint density at radius 2 is 2.14 bits per heavy atom. The van der Waals surface area contributed by atoms with E-state index < -0.39 is 0 Å². The Morgan fingerprint density at radius 3 is 2.86 bits per heavy atom. The maximum atomic E-state index is 12.3. The zero-order chi connectivity index (χ0) is 15.7. The van der Waals surface area contributed by atoms with Gasteiger partial charge >= 0.3 is 0 Å².